The van der Waals surface area contributed by atoms with Crippen LogP contribution in [0.3, 0.4) is 0 Å². The highest BCUT2D eigenvalue weighted by Gasteiger charge is 2.07. The summed E-state index contributed by atoms with van der Waals surface area (Å²) < 4.78 is 0. The summed E-state index contributed by atoms with van der Waals surface area (Å²) in [5.74, 6) is 0.277. The third-order valence-electron chi connectivity index (χ3n) is 2.87. The molecule has 2 aromatic carbocycles. The van der Waals surface area contributed by atoms with Crippen LogP contribution in [0.2, 0.25) is 0 Å². The fourth-order valence-electron chi connectivity index (χ4n) is 1.87. The van der Waals surface area contributed by atoms with Crippen LogP contribution in [0.5, 0.6) is 5.75 Å². The Balaban J connectivity index is 2.14. The second kappa shape index (κ2) is 5.56. The van der Waals surface area contributed by atoms with Crippen molar-refractivity contribution in [3.8, 4) is 5.75 Å². The highest BCUT2D eigenvalue weighted by molar-refractivity contribution is 5.52. The minimum absolute atomic E-state index is 0.277. The van der Waals surface area contributed by atoms with E-state index in [9.17, 15) is 10.2 Å². The summed E-state index contributed by atoms with van der Waals surface area (Å²) >= 11 is 0. The van der Waals surface area contributed by atoms with E-state index in [-0.39, 0.29) is 5.75 Å². The molecule has 2 aromatic rings. The van der Waals surface area contributed by atoms with E-state index in [1.54, 1.807) is 19.1 Å². The molecule has 0 saturated carbocycles. The van der Waals surface area contributed by atoms with Gasteiger partial charge in [-0.2, -0.15) is 0 Å². The maximum atomic E-state index is 9.68. The Bertz CT molecular complexity index is 523. The minimum Gasteiger partial charge on any atom is -0.508 e. The Hall–Kier alpha value is -2.00. The van der Waals surface area contributed by atoms with Crippen molar-refractivity contribution in [2.75, 3.05) is 5.32 Å². The number of phenolic OH excluding ortho intramolecular Hbond substituents is 1. The third kappa shape index (κ3) is 2.81. The maximum absolute atomic E-state index is 9.68. The molecule has 3 heteroatoms. The van der Waals surface area contributed by atoms with Gasteiger partial charge >= 0.3 is 0 Å². The number of anilines is 1. The molecule has 0 aliphatic rings. The quantitative estimate of drug-likeness (QED) is 0.773. The Morgan fingerprint density at radius 1 is 1.06 bits per heavy atom. The lowest BCUT2D eigenvalue weighted by Gasteiger charge is -2.14. The van der Waals surface area contributed by atoms with Crippen LogP contribution in [-0.4, -0.2) is 10.2 Å². The Labute approximate surface area is 107 Å². The van der Waals surface area contributed by atoms with E-state index in [2.05, 4.69) is 5.32 Å². The van der Waals surface area contributed by atoms with Gasteiger partial charge in [0, 0.05) is 23.4 Å². The molecule has 0 heterocycles. The van der Waals surface area contributed by atoms with Crippen molar-refractivity contribution < 1.29 is 10.2 Å². The summed E-state index contributed by atoms with van der Waals surface area (Å²) in [5, 5.41) is 22.6. The molecular weight excluding hydrogens is 226 g/mol. The molecule has 2 rings (SSSR count). The monoisotopic (exact) mass is 243 g/mol. The molecule has 3 nitrogen and oxygen atoms in total. The predicted molar refractivity (Wildman–Crippen MR) is 72.5 cm³/mol. The Morgan fingerprint density at radius 2 is 1.72 bits per heavy atom. The van der Waals surface area contributed by atoms with Crippen LogP contribution in [0.1, 0.15) is 24.2 Å². The average Bonchev–Trinajstić information content (AvgIpc) is 2.38. The smallest absolute Gasteiger partial charge is 0.120 e. The van der Waals surface area contributed by atoms with E-state index < -0.39 is 6.10 Å². The van der Waals surface area contributed by atoms with Crippen molar-refractivity contribution in [2.45, 2.75) is 19.6 Å². The topological polar surface area (TPSA) is 52.5 Å². The number of hydrogen-bond donors (Lipinski definition) is 3. The summed E-state index contributed by atoms with van der Waals surface area (Å²) in [6, 6.07) is 14.8. The van der Waals surface area contributed by atoms with Crippen molar-refractivity contribution in [3.63, 3.8) is 0 Å². The first-order chi connectivity index (χ1) is 8.68. The van der Waals surface area contributed by atoms with Crippen LogP contribution in [0.25, 0.3) is 0 Å². The lowest BCUT2D eigenvalue weighted by molar-refractivity contribution is 0.200. The summed E-state index contributed by atoms with van der Waals surface area (Å²) in [6.45, 7) is 2.26. The lowest BCUT2D eigenvalue weighted by atomic mass is 10.1. The molecule has 0 bridgehead atoms. The molecule has 0 aliphatic heterocycles. The Kier molecular flexibility index (Phi) is 3.85. The molecule has 18 heavy (non-hydrogen) atoms. The molecule has 0 fully saturated rings. The molecule has 0 aromatic heterocycles. The normalized spacial score (nSPS) is 12.1. The number of rotatable bonds is 4. The van der Waals surface area contributed by atoms with Gasteiger partial charge in [-0.05, 0) is 19.1 Å². The SMILES string of the molecule is CC(O)c1ccccc1NCc1ccccc1O. The van der Waals surface area contributed by atoms with Gasteiger partial charge in [0.1, 0.15) is 5.75 Å². The van der Waals surface area contributed by atoms with Gasteiger partial charge in [-0.15, -0.1) is 0 Å². The van der Waals surface area contributed by atoms with Crippen molar-refractivity contribution in [1.29, 1.82) is 0 Å². The van der Waals surface area contributed by atoms with Gasteiger partial charge in [0.2, 0.25) is 0 Å². The summed E-state index contributed by atoms with van der Waals surface area (Å²) in [7, 11) is 0. The van der Waals surface area contributed by atoms with Crippen LogP contribution in [-0.2, 0) is 6.54 Å². The molecular formula is C15H17NO2. The van der Waals surface area contributed by atoms with Gasteiger partial charge in [0.05, 0.1) is 6.10 Å². The van der Waals surface area contributed by atoms with Crippen LogP contribution in [0.4, 0.5) is 5.69 Å². The minimum atomic E-state index is -0.516. The molecule has 0 aliphatic carbocycles. The number of aliphatic hydroxyl groups excluding tert-OH is 1. The second-order valence-electron chi connectivity index (χ2n) is 4.25. The van der Waals surface area contributed by atoms with Gasteiger partial charge < -0.3 is 15.5 Å². The van der Waals surface area contributed by atoms with E-state index in [4.69, 9.17) is 0 Å². The van der Waals surface area contributed by atoms with Crippen LogP contribution in [0, 0.1) is 0 Å². The number of aliphatic hydroxyl groups is 1. The summed E-state index contributed by atoms with van der Waals surface area (Å²) in [4.78, 5) is 0. The van der Waals surface area contributed by atoms with Gasteiger partial charge in [-0.3, -0.25) is 0 Å². The number of aromatic hydroxyl groups is 1. The second-order valence-corrected chi connectivity index (χ2v) is 4.25. The van der Waals surface area contributed by atoms with Crippen molar-refractivity contribution in [2.24, 2.45) is 0 Å². The molecule has 1 atom stereocenters. The number of hydrogen-bond acceptors (Lipinski definition) is 3. The maximum Gasteiger partial charge on any atom is 0.120 e. The summed E-state index contributed by atoms with van der Waals surface area (Å²) in [5.41, 5.74) is 2.57. The zero-order valence-electron chi connectivity index (χ0n) is 10.3. The van der Waals surface area contributed by atoms with Crippen molar-refractivity contribution >= 4 is 5.69 Å². The molecule has 94 valence electrons. The van der Waals surface area contributed by atoms with Gasteiger partial charge in [0.15, 0.2) is 0 Å². The predicted octanol–water partition coefficient (Wildman–Crippen LogP) is 3.06. The van der Waals surface area contributed by atoms with E-state index >= 15 is 0 Å². The number of benzene rings is 2. The Morgan fingerprint density at radius 3 is 2.44 bits per heavy atom. The largest absolute Gasteiger partial charge is 0.508 e. The van der Waals surface area contributed by atoms with Crippen molar-refractivity contribution in [3.05, 3.63) is 59.7 Å². The van der Waals surface area contributed by atoms with E-state index in [1.807, 2.05) is 36.4 Å². The van der Waals surface area contributed by atoms with E-state index in [0.717, 1.165) is 16.8 Å². The highest BCUT2D eigenvalue weighted by atomic mass is 16.3. The van der Waals surface area contributed by atoms with Crippen LogP contribution >= 0.6 is 0 Å². The zero-order chi connectivity index (χ0) is 13.0. The fraction of sp³-hybridized carbons (Fsp3) is 0.200. The highest BCUT2D eigenvalue weighted by Crippen LogP contribution is 2.24. The van der Waals surface area contributed by atoms with Gasteiger partial charge in [-0.1, -0.05) is 36.4 Å². The molecule has 0 radical (unpaired) electrons. The first-order valence-electron chi connectivity index (χ1n) is 5.96. The first-order valence-corrected chi connectivity index (χ1v) is 5.96. The molecule has 0 amide bonds. The zero-order valence-corrected chi connectivity index (χ0v) is 10.3. The lowest BCUT2D eigenvalue weighted by Crippen LogP contribution is -2.04. The van der Waals surface area contributed by atoms with Gasteiger partial charge in [0.25, 0.3) is 0 Å². The van der Waals surface area contributed by atoms with Gasteiger partial charge in [-0.25, -0.2) is 0 Å². The number of phenols is 1. The van der Waals surface area contributed by atoms with E-state index in [0.29, 0.717) is 6.54 Å². The van der Waals surface area contributed by atoms with Crippen LogP contribution < -0.4 is 5.32 Å². The average molecular weight is 243 g/mol. The van der Waals surface area contributed by atoms with Crippen molar-refractivity contribution in [1.82, 2.24) is 0 Å². The number of para-hydroxylation sites is 2. The third-order valence-corrected chi connectivity index (χ3v) is 2.87. The first kappa shape index (κ1) is 12.5. The number of nitrogens with one attached hydrogen (secondary N) is 1. The fourth-order valence-corrected chi connectivity index (χ4v) is 1.87. The molecule has 0 saturated heterocycles. The summed E-state index contributed by atoms with van der Waals surface area (Å²) in [6.07, 6.45) is -0.516. The standard InChI is InChI=1S/C15H17NO2/c1-11(17)13-7-3-4-8-14(13)16-10-12-6-2-5-9-15(12)18/h2-9,11,16-18H,10H2,1H3. The molecule has 0 spiro atoms. The van der Waals surface area contributed by atoms with E-state index in [1.165, 1.54) is 0 Å². The van der Waals surface area contributed by atoms with Crippen LogP contribution in [0.15, 0.2) is 48.5 Å². The molecule has 3 N–H and O–H groups in total. The molecule has 1 unspecified atom stereocenters.